The van der Waals surface area contributed by atoms with Crippen molar-refractivity contribution in [2.24, 2.45) is 5.92 Å². The Bertz CT molecular complexity index is 772. The Morgan fingerprint density at radius 2 is 2.23 bits per heavy atom. The minimum atomic E-state index is -2.87. The first-order valence-electron chi connectivity index (χ1n) is 7.50. The lowest BCUT2D eigenvalue weighted by Gasteiger charge is -2.16. The Hall–Kier alpha value is -1.73. The largest absolute Gasteiger partial charge is 0.297 e. The van der Waals surface area contributed by atoms with Crippen LogP contribution in [0.4, 0.5) is 0 Å². The molecule has 0 saturated carbocycles. The van der Waals surface area contributed by atoms with Crippen molar-refractivity contribution in [2.75, 3.05) is 18.8 Å². The van der Waals surface area contributed by atoms with Gasteiger partial charge in [-0.05, 0) is 24.5 Å². The standard InChI is InChI=1S/C15H18N4O2S/c20-22(21)5-3-12-8-19(10-14(12)22)9-13-7-17-18-15(13)11-2-1-4-16-6-11/h1-2,4,6-7,12,14H,3,5,8-10H2,(H,17,18)/t12-,14+/m0/s1. The van der Waals surface area contributed by atoms with E-state index in [2.05, 4.69) is 20.1 Å². The van der Waals surface area contributed by atoms with Gasteiger partial charge in [-0.3, -0.25) is 15.0 Å². The van der Waals surface area contributed by atoms with Crippen molar-refractivity contribution >= 4 is 9.84 Å². The van der Waals surface area contributed by atoms with Crippen LogP contribution in [-0.4, -0.2) is 52.6 Å². The highest BCUT2D eigenvalue weighted by molar-refractivity contribution is 7.92. The molecule has 4 rings (SSSR count). The summed E-state index contributed by atoms with van der Waals surface area (Å²) in [5, 5.41) is 7.01. The molecule has 2 atom stereocenters. The van der Waals surface area contributed by atoms with Gasteiger partial charge in [0.1, 0.15) is 0 Å². The molecule has 6 nitrogen and oxygen atoms in total. The number of nitrogens with zero attached hydrogens (tertiary/aromatic N) is 3. The van der Waals surface area contributed by atoms with Crippen LogP contribution in [0.2, 0.25) is 0 Å². The van der Waals surface area contributed by atoms with Gasteiger partial charge in [0.2, 0.25) is 0 Å². The topological polar surface area (TPSA) is 79.0 Å². The Labute approximate surface area is 129 Å². The van der Waals surface area contributed by atoms with Crippen molar-refractivity contribution in [3.05, 3.63) is 36.3 Å². The number of sulfone groups is 1. The van der Waals surface area contributed by atoms with Crippen molar-refractivity contribution < 1.29 is 8.42 Å². The average Bonchev–Trinajstić information content (AvgIpc) is 3.19. The maximum atomic E-state index is 12.0. The molecule has 2 aliphatic rings. The molecular formula is C15H18N4O2S. The summed E-state index contributed by atoms with van der Waals surface area (Å²) in [6.45, 7) is 2.23. The summed E-state index contributed by atoms with van der Waals surface area (Å²) < 4.78 is 24.1. The van der Waals surface area contributed by atoms with Crippen LogP contribution in [0.1, 0.15) is 12.0 Å². The first kappa shape index (κ1) is 13.9. The molecule has 7 heteroatoms. The molecule has 0 aromatic carbocycles. The molecule has 0 unspecified atom stereocenters. The molecule has 22 heavy (non-hydrogen) atoms. The second kappa shape index (κ2) is 5.17. The van der Waals surface area contributed by atoms with E-state index in [0.717, 1.165) is 36.3 Å². The monoisotopic (exact) mass is 318 g/mol. The van der Waals surface area contributed by atoms with Gasteiger partial charge < -0.3 is 0 Å². The zero-order chi connectivity index (χ0) is 15.2. The summed E-state index contributed by atoms with van der Waals surface area (Å²) in [5.41, 5.74) is 3.06. The summed E-state index contributed by atoms with van der Waals surface area (Å²) in [6.07, 6.45) is 6.18. The fourth-order valence-corrected chi connectivity index (χ4v) is 5.82. The summed E-state index contributed by atoms with van der Waals surface area (Å²) >= 11 is 0. The van der Waals surface area contributed by atoms with E-state index in [1.165, 1.54) is 0 Å². The third-order valence-electron chi connectivity index (χ3n) is 4.75. The van der Waals surface area contributed by atoms with Gasteiger partial charge in [0.15, 0.2) is 9.84 Å². The maximum Gasteiger partial charge on any atom is 0.154 e. The number of fused-ring (bicyclic) bond motifs is 1. The second-order valence-corrected chi connectivity index (χ2v) is 8.50. The molecule has 4 heterocycles. The van der Waals surface area contributed by atoms with Crippen LogP contribution >= 0.6 is 0 Å². The van der Waals surface area contributed by atoms with Gasteiger partial charge in [-0.15, -0.1) is 0 Å². The number of aromatic nitrogens is 3. The molecule has 1 N–H and O–H groups in total. The number of pyridine rings is 1. The van der Waals surface area contributed by atoms with Crippen LogP contribution < -0.4 is 0 Å². The molecule has 116 valence electrons. The van der Waals surface area contributed by atoms with E-state index < -0.39 is 9.84 Å². The van der Waals surface area contributed by atoms with E-state index in [0.29, 0.717) is 18.2 Å². The number of H-pyrrole nitrogens is 1. The zero-order valence-corrected chi connectivity index (χ0v) is 13.0. The zero-order valence-electron chi connectivity index (χ0n) is 12.1. The van der Waals surface area contributed by atoms with Gasteiger partial charge in [0.05, 0.1) is 22.9 Å². The highest BCUT2D eigenvalue weighted by Crippen LogP contribution is 2.34. The molecule has 0 spiro atoms. The van der Waals surface area contributed by atoms with Gasteiger partial charge in [-0.2, -0.15) is 5.10 Å². The summed E-state index contributed by atoms with van der Waals surface area (Å²) in [6, 6.07) is 3.89. The minimum Gasteiger partial charge on any atom is -0.297 e. The van der Waals surface area contributed by atoms with Crippen LogP contribution in [0.25, 0.3) is 11.3 Å². The number of likely N-dealkylation sites (tertiary alicyclic amines) is 1. The molecule has 0 aliphatic carbocycles. The van der Waals surface area contributed by atoms with E-state index in [-0.39, 0.29) is 5.25 Å². The van der Waals surface area contributed by atoms with E-state index in [1.807, 2.05) is 18.3 Å². The van der Waals surface area contributed by atoms with Gasteiger partial charge in [-0.1, -0.05) is 0 Å². The number of nitrogens with one attached hydrogen (secondary N) is 1. The Morgan fingerprint density at radius 1 is 1.32 bits per heavy atom. The predicted octanol–water partition coefficient (Wildman–Crippen LogP) is 1.09. The van der Waals surface area contributed by atoms with Gasteiger partial charge in [0.25, 0.3) is 0 Å². The van der Waals surface area contributed by atoms with Crippen molar-refractivity contribution in [2.45, 2.75) is 18.2 Å². The Balaban J connectivity index is 1.53. The highest BCUT2D eigenvalue weighted by atomic mass is 32.2. The van der Waals surface area contributed by atoms with Crippen molar-refractivity contribution in [3.63, 3.8) is 0 Å². The molecule has 2 fully saturated rings. The van der Waals surface area contributed by atoms with Crippen LogP contribution in [0.5, 0.6) is 0 Å². The summed E-state index contributed by atoms with van der Waals surface area (Å²) in [7, 11) is -2.87. The lowest BCUT2D eigenvalue weighted by atomic mass is 10.1. The Morgan fingerprint density at radius 3 is 3.00 bits per heavy atom. The number of rotatable bonds is 3. The fraction of sp³-hybridized carbons (Fsp3) is 0.467. The van der Waals surface area contributed by atoms with Gasteiger partial charge in [0, 0.05) is 43.2 Å². The lowest BCUT2D eigenvalue weighted by Crippen LogP contribution is -2.26. The third-order valence-corrected chi connectivity index (χ3v) is 7.01. The molecule has 2 aromatic heterocycles. The van der Waals surface area contributed by atoms with Crippen LogP contribution in [0.3, 0.4) is 0 Å². The smallest absolute Gasteiger partial charge is 0.154 e. The average molecular weight is 318 g/mol. The van der Waals surface area contributed by atoms with Crippen molar-refractivity contribution in [1.82, 2.24) is 20.1 Å². The second-order valence-electron chi connectivity index (χ2n) is 6.16. The number of aromatic amines is 1. The highest BCUT2D eigenvalue weighted by Gasteiger charge is 2.46. The van der Waals surface area contributed by atoms with Crippen molar-refractivity contribution in [3.8, 4) is 11.3 Å². The van der Waals surface area contributed by atoms with Crippen molar-refractivity contribution in [1.29, 1.82) is 0 Å². The minimum absolute atomic E-state index is 0.166. The van der Waals surface area contributed by atoms with Crippen LogP contribution in [-0.2, 0) is 16.4 Å². The first-order chi connectivity index (χ1) is 10.6. The first-order valence-corrected chi connectivity index (χ1v) is 9.21. The normalized spacial score (nSPS) is 27.1. The summed E-state index contributed by atoms with van der Waals surface area (Å²) in [4.78, 5) is 6.37. The third kappa shape index (κ3) is 2.34. The van der Waals surface area contributed by atoms with Gasteiger partial charge >= 0.3 is 0 Å². The fourth-order valence-electron chi connectivity index (χ4n) is 3.64. The van der Waals surface area contributed by atoms with Gasteiger partial charge in [-0.25, -0.2) is 8.42 Å². The molecule has 0 radical (unpaired) electrons. The molecular weight excluding hydrogens is 300 g/mol. The quantitative estimate of drug-likeness (QED) is 0.916. The van der Waals surface area contributed by atoms with E-state index in [4.69, 9.17) is 0 Å². The van der Waals surface area contributed by atoms with Crippen LogP contribution in [0, 0.1) is 5.92 Å². The van der Waals surface area contributed by atoms with E-state index in [1.54, 1.807) is 12.4 Å². The number of hydrogen-bond acceptors (Lipinski definition) is 5. The molecule has 0 bridgehead atoms. The molecule has 0 amide bonds. The SMILES string of the molecule is O=S1(=O)CC[C@H]2CN(Cc3cn[nH]c3-c3cccnc3)C[C@H]21. The molecule has 2 aromatic rings. The number of hydrogen-bond donors (Lipinski definition) is 1. The van der Waals surface area contributed by atoms with E-state index >= 15 is 0 Å². The van der Waals surface area contributed by atoms with E-state index in [9.17, 15) is 8.42 Å². The predicted molar refractivity (Wildman–Crippen MR) is 82.8 cm³/mol. The lowest BCUT2D eigenvalue weighted by molar-refractivity contribution is 0.315. The summed E-state index contributed by atoms with van der Waals surface area (Å²) in [5.74, 6) is 0.668. The Kier molecular flexibility index (Phi) is 3.27. The van der Waals surface area contributed by atoms with Crippen LogP contribution in [0.15, 0.2) is 30.7 Å². The maximum absolute atomic E-state index is 12.0. The molecule has 2 aliphatic heterocycles. The molecule has 2 saturated heterocycles.